The largest absolute Gasteiger partial charge is 0.464 e. The normalized spacial score (nSPS) is 16.7. The van der Waals surface area contributed by atoms with E-state index in [9.17, 15) is 4.79 Å². The maximum Gasteiger partial charge on any atom is 0.332 e. The second-order valence-electron chi connectivity index (χ2n) is 4.31. The van der Waals surface area contributed by atoms with E-state index >= 15 is 0 Å². The lowest BCUT2D eigenvalue weighted by Crippen LogP contribution is -2.33. The molecule has 0 saturated carbocycles. The first-order valence-electron chi connectivity index (χ1n) is 6.35. The summed E-state index contributed by atoms with van der Waals surface area (Å²) < 4.78 is 10.7. The summed E-state index contributed by atoms with van der Waals surface area (Å²) in [4.78, 5) is 12.7. The minimum absolute atomic E-state index is 0.0785. The zero-order valence-electron chi connectivity index (χ0n) is 10.4. The molecule has 0 aliphatic carbocycles. The summed E-state index contributed by atoms with van der Waals surface area (Å²) in [5.74, 6) is -0.259. The Morgan fingerprint density at radius 2 is 2.28 bits per heavy atom. The number of thiophene rings is 1. The zero-order chi connectivity index (χ0) is 12.6. The van der Waals surface area contributed by atoms with Crippen molar-refractivity contribution in [2.24, 2.45) is 0 Å². The summed E-state index contributed by atoms with van der Waals surface area (Å²) in [7, 11) is 0. The highest BCUT2D eigenvalue weighted by atomic mass is 32.1. The minimum Gasteiger partial charge on any atom is -0.464 e. The van der Waals surface area contributed by atoms with Crippen molar-refractivity contribution in [2.75, 3.05) is 26.3 Å². The van der Waals surface area contributed by atoms with Crippen LogP contribution in [0.25, 0.3) is 0 Å². The highest BCUT2D eigenvalue weighted by Gasteiger charge is 2.15. The Kier molecular flexibility index (Phi) is 5.64. The van der Waals surface area contributed by atoms with Gasteiger partial charge in [0.15, 0.2) is 0 Å². The molecule has 1 saturated heterocycles. The van der Waals surface area contributed by atoms with Crippen LogP contribution in [0.1, 0.15) is 17.7 Å². The Labute approximate surface area is 111 Å². The van der Waals surface area contributed by atoms with Crippen LogP contribution in [-0.2, 0) is 20.7 Å². The molecule has 1 aliphatic rings. The van der Waals surface area contributed by atoms with Crippen molar-refractivity contribution in [3.05, 3.63) is 22.4 Å². The Morgan fingerprint density at radius 1 is 1.44 bits per heavy atom. The standard InChI is InChI=1S/C13H19NO3S/c15-13(10-17-11-3-6-14-7-4-11)16-8-5-12-2-1-9-18-12/h1-2,9,11,14H,3-8,10H2. The third-order valence-electron chi connectivity index (χ3n) is 2.91. The molecule has 1 N–H and O–H groups in total. The van der Waals surface area contributed by atoms with Crippen LogP contribution >= 0.6 is 11.3 Å². The van der Waals surface area contributed by atoms with Crippen LogP contribution < -0.4 is 5.32 Å². The second-order valence-corrected chi connectivity index (χ2v) is 5.34. The third-order valence-corrected chi connectivity index (χ3v) is 3.85. The van der Waals surface area contributed by atoms with E-state index in [1.54, 1.807) is 11.3 Å². The van der Waals surface area contributed by atoms with Gasteiger partial charge < -0.3 is 14.8 Å². The smallest absolute Gasteiger partial charge is 0.332 e. The molecular weight excluding hydrogens is 250 g/mol. The maximum absolute atomic E-state index is 11.5. The monoisotopic (exact) mass is 269 g/mol. The van der Waals surface area contributed by atoms with Crippen molar-refractivity contribution in [2.45, 2.75) is 25.4 Å². The lowest BCUT2D eigenvalue weighted by atomic mass is 10.1. The molecule has 0 bridgehead atoms. The first-order valence-corrected chi connectivity index (χ1v) is 7.23. The maximum atomic E-state index is 11.5. The third kappa shape index (κ3) is 4.76. The van der Waals surface area contributed by atoms with Gasteiger partial charge in [-0.25, -0.2) is 4.79 Å². The number of rotatable bonds is 6. The Morgan fingerprint density at radius 3 is 3.00 bits per heavy atom. The van der Waals surface area contributed by atoms with E-state index in [0.717, 1.165) is 32.4 Å². The van der Waals surface area contributed by atoms with Gasteiger partial charge in [0, 0.05) is 11.3 Å². The average molecular weight is 269 g/mol. The molecule has 5 heteroatoms. The number of nitrogens with one attached hydrogen (secondary N) is 1. The predicted molar refractivity (Wildman–Crippen MR) is 70.8 cm³/mol. The van der Waals surface area contributed by atoms with E-state index < -0.39 is 0 Å². The Balaban J connectivity index is 1.54. The number of hydrogen-bond donors (Lipinski definition) is 1. The fraction of sp³-hybridized carbons (Fsp3) is 0.615. The van der Waals surface area contributed by atoms with E-state index in [0.29, 0.717) is 6.61 Å². The van der Waals surface area contributed by atoms with Crippen LogP contribution in [0.4, 0.5) is 0 Å². The summed E-state index contributed by atoms with van der Waals surface area (Å²) in [6, 6.07) is 4.05. The molecule has 1 aliphatic heterocycles. The Bertz CT molecular complexity index is 347. The molecular formula is C13H19NO3S. The van der Waals surface area contributed by atoms with Gasteiger partial charge in [-0.1, -0.05) is 6.07 Å². The minimum atomic E-state index is -0.259. The molecule has 100 valence electrons. The molecule has 0 spiro atoms. The van der Waals surface area contributed by atoms with Crippen molar-refractivity contribution in [1.82, 2.24) is 5.32 Å². The van der Waals surface area contributed by atoms with Crippen LogP contribution in [0.2, 0.25) is 0 Å². The topological polar surface area (TPSA) is 47.6 Å². The summed E-state index contributed by atoms with van der Waals surface area (Å²) in [6.07, 6.45) is 2.94. The molecule has 0 amide bonds. The molecule has 1 aromatic heterocycles. The van der Waals surface area contributed by atoms with E-state index in [1.165, 1.54) is 4.88 Å². The van der Waals surface area contributed by atoms with E-state index in [-0.39, 0.29) is 18.7 Å². The molecule has 1 aromatic rings. The van der Waals surface area contributed by atoms with Gasteiger partial charge in [0.2, 0.25) is 0 Å². The number of carbonyl (C=O) groups is 1. The van der Waals surface area contributed by atoms with Crippen LogP contribution in [0.15, 0.2) is 17.5 Å². The van der Waals surface area contributed by atoms with Gasteiger partial charge in [0.1, 0.15) is 6.61 Å². The van der Waals surface area contributed by atoms with Crippen LogP contribution in [0.5, 0.6) is 0 Å². The quantitative estimate of drug-likeness (QED) is 0.797. The van der Waals surface area contributed by atoms with Gasteiger partial charge in [0.25, 0.3) is 0 Å². The molecule has 0 aromatic carbocycles. The van der Waals surface area contributed by atoms with Gasteiger partial charge >= 0.3 is 5.97 Å². The lowest BCUT2D eigenvalue weighted by molar-refractivity contribution is -0.151. The van der Waals surface area contributed by atoms with Crippen LogP contribution in [-0.4, -0.2) is 38.4 Å². The van der Waals surface area contributed by atoms with Crippen molar-refractivity contribution in [3.8, 4) is 0 Å². The SMILES string of the molecule is O=C(COC1CCNCC1)OCCc1cccs1. The van der Waals surface area contributed by atoms with Gasteiger partial charge in [-0.05, 0) is 37.4 Å². The molecule has 0 unspecified atom stereocenters. The van der Waals surface area contributed by atoms with Crippen LogP contribution in [0, 0.1) is 0 Å². The van der Waals surface area contributed by atoms with Crippen molar-refractivity contribution >= 4 is 17.3 Å². The summed E-state index contributed by atoms with van der Waals surface area (Å²) >= 11 is 1.68. The first-order chi connectivity index (χ1) is 8.84. The fourth-order valence-electron chi connectivity index (χ4n) is 1.91. The highest BCUT2D eigenvalue weighted by molar-refractivity contribution is 7.09. The summed E-state index contributed by atoms with van der Waals surface area (Å²) in [5.41, 5.74) is 0. The molecule has 0 atom stereocenters. The predicted octanol–water partition coefficient (Wildman–Crippen LogP) is 1.60. The first kappa shape index (κ1) is 13.5. The van der Waals surface area contributed by atoms with E-state index in [2.05, 4.69) is 5.32 Å². The van der Waals surface area contributed by atoms with E-state index in [1.807, 2.05) is 17.5 Å². The molecule has 4 nitrogen and oxygen atoms in total. The van der Waals surface area contributed by atoms with Crippen molar-refractivity contribution < 1.29 is 14.3 Å². The van der Waals surface area contributed by atoms with Crippen molar-refractivity contribution in [1.29, 1.82) is 0 Å². The van der Waals surface area contributed by atoms with Gasteiger partial charge in [0.05, 0.1) is 12.7 Å². The van der Waals surface area contributed by atoms with Gasteiger partial charge in [-0.3, -0.25) is 0 Å². The molecule has 18 heavy (non-hydrogen) atoms. The second kappa shape index (κ2) is 7.51. The zero-order valence-corrected chi connectivity index (χ0v) is 11.2. The number of carbonyl (C=O) groups excluding carboxylic acids is 1. The number of hydrogen-bond acceptors (Lipinski definition) is 5. The van der Waals surface area contributed by atoms with Gasteiger partial charge in [-0.15, -0.1) is 11.3 Å². The van der Waals surface area contributed by atoms with Crippen LogP contribution in [0.3, 0.4) is 0 Å². The molecule has 1 fully saturated rings. The fourth-order valence-corrected chi connectivity index (χ4v) is 2.60. The summed E-state index contributed by atoms with van der Waals surface area (Å²) in [6.45, 7) is 2.46. The molecule has 2 rings (SSSR count). The highest BCUT2D eigenvalue weighted by Crippen LogP contribution is 2.09. The molecule has 0 radical (unpaired) electrons. The Hall–Kier alpha value is -0.910. The van der Waals surface area contributed by atoms with E-state index in [4.69, 9.17) is 9.47 Å². The van der Waals surface area contributed by atoms with Crippen molar-refractivity contribution in [3.63, 3.8) is 0 Å². The number of ether oxygens (including phenoxy) is 2. The number of piperidine rings is 1. The van der Waals surface area contributed by atoms with Gasteiger partial charge in [-0.2, -0.15) is 0 Å². The molecule has 2 heterocycles. The average Bonchev–Trinajstić information content (AvgIpc) is 2.91. The lowest BCUT2D eigenvalue weighted by Gasteiger charge is -2.22. The summed E-state index contributed by atoms with van der Waals surface area (Å²) in [5, 5.41) is 5.28. The number of esters is 1.